The minimum atomic E-state index is -0.918. The van der Waals surface area contributed by atoms with Crippen molar-refractivity contribution in [3.8, 4) is 0 Å². The van der Waals surface area contributed by atoms with Gasteiger partial charge in [-0.15, -0.1) is 0 Å². The van der Waals surface area contributed by atoms with E-state index < -0.39 is 8.69 Å². The van der Waals surface area contributed by atoms with Gasteiger partial charge in [0.15, 0.2) is 0 Å². The molecule has 0 amide bonds. The third-order valence-electron chi connectivity index (χ3n) is 0.0282. The number of rotatable bonds is 1. The molecule has 0 saturated carbocycles. The molecule has 0 atom stereocenters. The molecule has 2 nitrogen and oxygen atoms in total. The van der Waals surface area contributed by atoms with Crippen LogP contribution in [0.5, 0.6) is 0 Å². The number of hydrogen-bond acceptors (Lipinski definition) is 2. The van der Waals surface area contributed by atoms with Crippen molar-refractivity contribution in [2.75, 3.05) is 0 Å². The van der Waals surface area contributed by atoms with E-state index in [1.807, 2.05) is 0 Å². The summed E-state index contributed by atoms with van der Waals surface area (Å²) in [6, 6.07) is 0. The van der Waals surface area contributed by atoms with Crippen molar-refractivity contribution in [1.82, 2.24) is 0 Å². The summed E-state index contributed by atoms with van der Waals surface area (Å²) in [6.45, 7) is 0. The van der Waals surface area contributed by atoms with Crippen molar-refractivity contribution in [2.24, 2.45) is 0 Å². The summed E-state index contributed by atoms with van der Waals surface area (Å²) in [7, 11) is -0.918. The highest BCUT2D eigenvalue weighted by Crippen LogP contribution is 1.89. The third-order valence-corrected chi connectivity index (χ3v) is 0.0845. The smallest absolute Gasteiger partial charge is 0.237 e. The van der Waals surface area contributed by atoms with E-state index in [0.717, 1.165) is 0 Å². The van der Waals surface area contributed by atoms with Crippen molar-refractivity contribution in [2.45, 2.75) is 0 Å². The predicted molar refractivity (Wildman–Crippen MR) is 9.80 cm³/mol. The Morgan fingerprint density at radius 3 is 2.25 bits per heavy atom. The van der Waals surface area contributed by atoms with E-state index in [9.17, 15) is 4.53 Å². The molecule has 0 radical (unpaired) electrons. The largest absolute Gasteiger partial charge is 0.364 e. The summed E-state index contributed by atoms with van der Waals surface area (Å²) in [6.07, 6.45) is 0. The molecule has 0 aliphatic rings. The molecule has 0 heterocycles. The van der Waals surface area contributed by atoms with Gasteiger partial charge < -0.3 is 0 Å². The molecule has 0 spiro atoms. The molecule has 4 heavy (non-hydrogen) atoms. The SMILES string of the molecule is O=POF. The fourth-order valence-corrected chi connectivity index (χ4v) is 0. The molecule has 0 aromatic rings. The average Bonchev–Trinajstić information content (AvgIpc) is 1.37. The van der Waals surface area contributed by atoms with E-state index >= 15 is 0 Å². The lowest BCUT2D eigenvalue weighted by atomic mass is 15.6. The Morgan fingerprint density at radius 2 is 2.25 bits per heavy atom. The minimum Gasteiger partial charge on any atom is -0.237 e. The van der Waals surface area contributed by atoms with Crippen LogP contribution < -0.4 is 0 Å². The molecular formula is FO2P. The first-order valence-corrected chi connectivity index (χ1v) is 1.25. The lowest BCUT2D eigenvalue weighted by Crippen LogP contribution is -1.26. The Labute approximate surface area is 23.8 Å². The Bertz CT molecular complexity index is 20.0. The summed E-state index contributed by atoms with van der Waals surface area (Å²) in [4.78, 5) is 0. The van der Waals surface area contributed by atoms with Crippen LogP contribution in [-0.2, 0) is 9.29 Å². The molecule has 0 aliphatic heterocycles. The summed E-state index contributed by atoms with van der Waals surface area (Å²) in [5, 5.41) is 0. The summed E-state index contributed by atoms with van der Waals surface area (Å²) < 4.78 is 21.0. The van der Waals surface area contributed by atoms with Crippen LogP contribution >= 0.6 is 8.69 Å². The van der Waals surface area contributed by atoms with Crippen LogP contribution in [0.1, 0.15) is 0 Å². The molecule has 4 heteroatoms. The second-order valence-corrected chi connectivity index (χ2v) is 0.431. The Morgan fingerprint density at radius 1 is 2.00 bits per heavy atom. The van der Waals surface area contributed by atoms with E-state index in [4.69, 9.17) is 4.57 Å². The molecule has 0 N–H and O–H groups in total. The zero-order chi connectivity index (χ0) is 3.41. The lowest BCUT2D eigenvalue weighted by Gasteiger charge is -1.48. The minimum absolute atomic E-state index is 0.918. The fraction of sp³-hybridized carbons (Fsp3) is 0. The Kier molecular flexibility index (Phi) is 2.98. The molecular weight excluding hydrogens is 82.0 g/mol. The fourth-order valence-electron chi connectivity index (χ4n) is 0. The van der Waals surface area contributed by atoms with Crippen LogP contribution in [0.2, 0.25) is 0 Å². The number of halogens is 1. The predicted octanol–water partition coefficient (Wildman–Crippen LogP) is 1.09. The van der Waals surface area contributed by atoms with Gasteiger partial charge >= 0.3 is 8.69 Å². The molecule has 0 bridgehead atoms. The van der Waals surface area contributed by atoms with Gasteiger partial charge in [-0.25, -0.2) is 4.57 Å². The van der Waals surface area contributed by atoms with Crippen LogP contribution in [0, 0.1) is 0 Å². The quantitative estimate of drug-likeness (QED) is 0.442. The Hall–Kier alpha value is -0.0100. The highest BCUT2D eigenvalue weighted by molar-refractivity contribution is 7.17. The average molecular weight is 82.0 g/mol. The highest BCUT2D eigenvalue weighted by Gasteiger charge is 1.59. The molecule has 0 rings (SSSR count). The van der Waals surface area contributed by atoms with E-state index in [-0.39, 0.29) is 0 Å². The third kappa shape index (κ3) is 1.99. The van der Waals surface area contributed by atoms with Crippen LogP contribution in [0.3, 0.4) is 0 Å². The second-order valence-electron chi connectivity index (χ2n) is 0.144. The lowest BCUT2D eigenvalue weighted by molar-refractivity contribution is 0.0113. The van der Waals surface area contributed by atoms with Crippen molar-refractivity contribution >= 4 is 8.69 Å². The first kappa shape index (κ1) is 3.99. The summed E-state index contributed by atoms with van der Waals surface area (Å²) in [5.41, 5.74) is 0. The van der Waals surface area contributed by atoms with Crippen LogP contribution in [0.15, 0.2) is 0 Å². The Balaban J connectivity index is 2.30. The molecule has 0 unspecified atom stereocenters. The second kappa shape index (κ2) is 2.99. The van der Waals surface area contributed by atoms with Crippen molar-refractivity contribution in [1.29, 1.82) is 0 Å². The maximum atomic E-state index is 9.90. The molecule has 0 saturated heterocycles. The summed E-state index contributed by atoms with van der Waals surface area (Å²) in [5.74, 6) is 0. The first-order chi connectivity index (χ1) is 1.91. The summed E-state index contributed by atoms with van der Waals surface area (Å²) >= 11 is 0. The molecule has 0 aromatic carbocycles. The van der Waals surface area contributed by atoms with Crippen molar-refractivity contribution < 1.29 is 13.8 Å². The van der Waals surface area contributed by atoms with Gasteiger partial charge in [0, 0.05) is 0 Å². The first-order valence-electron chi connectivity index (χ1n) is 0.519. The highest BCUT2D eigenvalue weighted by atomic mass is 31.1. The van der Waals surface area contributed by atoms with Gasteiger partial charge in [0.05, 0.1) is 0 Å². The monoisotopic (exact) mass is 82.0 g/mol. The van der Waals surface area contributed by atoms with E-state index in [0.29, 0.717) is 0 Å². The van der Waals surface area contributed by atoms with Crippen LogP contribution in [-0.4, -0.2) is 0 Å². The van der Waals surface area contributed by atoms with Gasteiger partial charge in [-0.3, -0.25) is 0 Å². The molecule has 0 aromatic heterocycles. The van der Waals surface area contributed by atoms with Crippen molar-refractivity contribution in [3.05, 3.63) is 0 Å². The van der Waals surface area contributed by atoms with Crippen LogP contribution in [0.25, 0.3) is 0 Å². The van der Waals surface area contributed by atoms with Gasteiger partial charge in [0.25, 0.3) is 0 Å². The standard InChI is InChI=1S/FO2P/c1-3-4-2. The van der Waals surface area contributed by atoms with E-state index in [1.54, 1.807) is 0 Å². The van der Waals surface area contributed by atoms with Gasteiger partial charge in [-0.1, -0.05) is 4.73 Å². The number of hydrogen-bond donors (Lipinski definition) is 0. The maximum Gasteiger partial charge on any atom is 0.364 e. The van der Waals surface area contributed by atoms with Gasteiger partial charge in [-0.05, 0) is 4.53 Å². The topological polar surface area (TPSA) is 26.3 Å². The zero-order valence-electron chi connectivity index (χ0n) is 1.64. The van der Waals surface area contributed by atoms with Gasteiger partial charge in [0.1, 0.15) is 0 Å². The van der Waals surface area contributed by atoms with E-state index in [2.05, 4.69) is 4.73 Å². The normalized spacial score (nSPS) is 8.25. The van der Waals surface area contributed by atoms with Gasteiger partial charge in [-0.2, -0.15) is 0 Å². The molecule has 0 aliphatic carbocycles. The van der Waals surface area contributed by atoms with Gasteiger partial charge in [0.2, 0.25) is 0 Å². The molecule has 24 valence electrons. The molecule has 0 fully saturated rings. The van der Waals surface area contributed by atoms with E-state index in [1.165, 1.54) is 0 Å². The zero-order valence-corrected chi connectivity index (χ0v) is 2.54. The van der Waals surface area contributed by atoms with Crippen LogP contribution in [0.4, 0.5) is 4.53 Å². The maximum absolute atomic E-state index is 9.90. The van der Waals surface area contributed by atoms with Crippen molar-refractivity contribution in [3.63, 3.8) is 0 Å².